The molecule has 0 amide bonds. The van der Waals surface area contributed by atoms with Gasteiger partial charge in [-0.25, -0.2) is 4.98 Å². The van der Waals surface area contributed by atoms with Gasteiger partial charge in [0.05, 0.1) is 34.9 Å². The van der Waals surface area contributed by atoms with Crippen molar-refractivity contribution in [1.29, 1.82) is 5.41 Å². The number of hydrogen-bond acceptors (Lipinski definition) is 5. The minimum absolute atomic E-state index is 0.0392. The third kappa shape index (κ3) is 3.83. The average molecular weight is 412 g/mol. The Hall–Kier alpha value is -2.06. The molecular formula is C22H33BN4O3. The summed E-state index contributed by atoms with van der Waals surface area (Å²) in [6.45, 7) is 13.8. The van der Waals surface area contributed by atoms with Crippen LogP contribution in [0.3, 0.4) is 0 Å². The molecule has 0 bridgehead atoms. The maximum absolute atomic E-state index is 8.34. The van der Waals surface area contributed by atoms with Crippen molar-refractivity contribution in [2.75, 3.05) is 13.2 Å². The Balaban J connectivity index is 1.55. The van der Waals surface area contributed by atoms with Crippen molar-refractivity contribution in [2.24, 2.45) is 5.92 Å². The smallest absolute Gasteiger partial charge is 0.465 e. The second-order valence-electron chi connectivity index (χ2n) is 9.85. The third-order valence-corrected chi connectivity index (χ3v) is 6.43. The molecule has 7 nitrogen and oxygen atoms in total. The van der Waals surface area contributed by atoms with E-state index in [1.807, 2.05) is 17.0 Å². The van der Waals surface area contributed by atoms with Crippen molar-refractivity contribution < 1.29 is 14.0 Å². The van der Waals surface area contributed by atoms with Crippen LogP contribution in [-0.4, -0.2) is 52.4 Å². The highest BCUT2D eigenvalue weighted by molar-refractivity contribution is 6.62. The molecule has 2 saturated heterocycles. The minimum atomic E-state index is -0.397. The number of rotatable bonds is 4. The van der Waals surface area contributed by atoms with Crippen molar-refractivity contribution in [1.82, 2.24) is 14.9 Å². The zero-order valence-electron chi connectivity index (χ0n) is 18.9. The molecule has 2 fully saturated rings. The molecule has 3 heterocycles. The normalized spacial score (nSPS) is 23.0. The van der Waals surface area contributed by atoms with Gasteiger partial charge >= 0.3 is 7.12 Å². The van der Waals surface area contributed by atoms with E-state index in [0.717, 1.165) is 41.7 Å². The van der Waals surface area contributed by atoms with E-state index in [1.165, 1.54) is 0 Å². The molecule has 4 rings (SSSR count). The second-order valence-corrected chi connectivity index (χ2v) is 9.85. The van der Waals surface area contributed by atoms with Gasteiger partial charge in [0.15, 0.2) is 0 Å². The molecule has 2 aromatic rings. The van der Waals surface area contributed by atoms with E-state index in [9.17, 15) is 0 Å². The Labute approximate surface area is 179 Å². The third-order valence-electron chi connectivity index (χ3n) is 6.43. The summed E-state index contributed by atoms with van der Waals surface area (Å²) < 4.78 is 18.1. The lowest BCUT2D eigenvalue weighted by atomic mass is 9.79. The van der Waals surface area contributed by atoms with Gasteiger partial charge in [0.25, 0.3) is 6.02 Å². The summed E-state index contributed by atoms with van der Waals surface area (Å²) in [6, 6.07) is 6.38. The molecular weight excluding hydrogens is 379 g/mol. The molecule has 0 radical (unpaired) electrons. The second kappa shape index (κ2) is 7.57. The maximum Gasteiger partial charge on any atom is 0.494 e. The summed E-state index contributed by atoms with van der Waals surface area (Å²) in [5.74, 6) is 1.28. The number of benzene rings is 1. The lowest BCUT2D eigenvalue weighted by Crippen LogP contribution is -2.41. The van der Waals surface area contributed by atoms with Gasteiger partial charge in [0.2, 0.25) is 0 Å². The molecule has 8 heteroatoms. The highest BCUT2D eigenvalue weighted by Crippen LogP contribution is 2.37. The molecule has 0 saturated carbocycles. The maximum atomic E-state index is 8.34. The number of hydrogen-bond donors (Lipinski definition) is 2. The van der Waals surface area contributed by atoms with Crippen molar-refractivity contribution >= 4 is 29.6 Å². The minimum Gasteiger partial charge on any atom is -0.465 e. The first-order valence-electron chi connectivity index (χ1n) is 10.9. The standard InChI is InChI=1S/C22H33BN4O3/c1-14(2)13-28-20(24)27-11-7-8-18(27)19-25-16-10-9-15(12-17(16)26-19)23-29-21(3,4)22(5,6)30-23/h9-10,12,14,18,24H,7-8,11,13H2,1-6H3,(H,25,26)/t18-/m0/s1. The zero-order valence-corrected chi connectivity index (χ0v) is 18.9. The van der Waals surface area contributed by atoms with Gasteiger partial charge < -0.3 is 23.9 Å². The Kier molecular flexibility index (Phi) is 5.35. The van der Waals surface area contributed by atoms with E-state index >= 15 is 0 Å². The first kappa shape index (κ1) is 21.2. The number of aromatic nitrogens is 2. The summed E-state index contributed by atoms with van der Waals surface area (Å²) in [4.78, 5) is 10.3. The fourth-order valence-electron chi connectivity index (χ4n) is 3.95. The SMILES string of the molecule is CC(C)COC(=N)N1CCC[C@H]1c1nc2ccc(B3OC(C)(C)C(C)(C)O3)cc2[nH]1. The van der Waals surface area contributed by atoms with E-state index < -0.39 is 7.12 Å². The molecule has 0 spiro atoms. The van der Waals surface area contributed by atoms with Crippen LogP contribution in [0.5, 0.6) is 0 Å². The molecule has 1 aromatic heterocycles. The largest absolute Gasteiger partial charge is 0.494 e. The number of nitrogens with one attached hydrogen (secondary N) is 2. The van der Waals surface area contributed by atoms with Crippen LogP contribution in [0.1, 0.15) is 66.3 Å². The summed E-state index contributed by atoms with van der Waals surface area (Å²) in [7, 11) is -0.397. The molecule has 162 valence electrons. The van der Waals surface area contributed by atoms with Crippen molar-refractivity contribution in [3.05, 3.63) is 24.0 Å². The molecule has 0 unspecified atom stereocenters. The van der Waals surface area contributed by atoms with Crippen LogP contribution >= 0.6 is 0 Å². The van der Waals surface area contributed by atoms with Gasteiger partial charge in [-0.3, -0.25) is 5.41 Å². The first-order valence-corrected chi connectivity index (χ1v) is 10.9. The molecule has 1 atom stereocenters. The van der Waals surface area contributed by atoms with Gasteiger partial charge in [0, 0.05) is 6.54 Å². The Bertz CT molecular complexity index is 924. The van der Waals surface area contributed by atoms with Crippen LogP contribution in [-0.2, 0) is 14.0 Å². The fourth-order valence-corrected chi connectivity index (χ4v) is 3.95. The van der Waals surface area contributed by atoms with Crippen molar-refractivity contribution in [2.45, 2.75) is 71.6 Å². The van der Waals surface area contributed by atoms with Crippen LogP contribution in [0.25, 0.3) is 11.0 Å². The van der Waals surface area contributed by atoms with Gasteiger partial charge in [-0.1, -0.05) is 19.9 Å². The fraction of sp³-hybridized carbons (Fsp3) is 0.636. The summed E-state index contributed by atoms with van der Waals surface area (Å²) in [5, 5.41) is 8.34. The lowest BCUT2D eigenvalue weighted by molar-refractivity contribution is 0.00578. The van der Waals surface area contributed by atoms with Gasteiger partial charge in [-0.2, -0.15) is 0 Å². The molecule has 0 aliphatic carbocycles. The molecule has 1 aromatic carbocycles. The number of amidine groups is 1. The number of fused-ring (bicyclic) bond motifs is 1. The number of aromatic amines is 1. The number of H-pyrrole nitrogens is 1. The molecule has 2 N–H and O–H groups in total. The quantitative estimate of drug-likeness (QED) is 0.456. The van der Waals surface area contributed by atoms with Crippen LogP contribution in [0.4, 0.5) is 0 Å². The number of likely N-dealkylation sites (tertiary alicyclic amines) is 1. The highest BCUT2D eigenvalue weighted by atomic mass is 16.7. The van der Waals surface area contributed by atoms with Crippen molar-refractivity contribution in [3.8, 4) is 0 Å². The first-order chi connectivity index (χ1) is 14.1. The number of nitrogens with zero attached hydrogens (tertiary/aromatic N) is 2. The predicted molar refractivity (Wildman–Crippen MR) is 119 cm³/mol. The summed E-state index contributed by atoms with van der Waals surface area (Å²) >= 11 is 0. The molecule has 2 aliphatic heterocycles. The summed E-state index contributed by atoms with van der Waals surface area (Å²) in [5.41, 5.74) is 2.11. The monoisotopic (exact) mass is 412 g/mol. The van der Waals surface area contributed by atoms with Gasteiger partial charge in [0.1, 0.15) is 5.82 Å². The topological polar surface area (TPSA) is 83.5 Å². The van der Waals surface area contributed by atoms with E-state index in [-0.39, 0.29) is 23.3 Å². The van der Waals surface area contributed by atoms with Gasteiger partial charge in [-0.05, 0) is 64.1 Å². The van der Waals surface area contributed by atoms with Gasteiger partial charge in [-0.15, -0.1) is 0 Å². The molecule has 30 heavy (non-hydrogen) atoms. The Morgan fingerprint density at radius 3 is 2.67 bits per heavy atom. The van der Waals surface area contributed by atoms with Crippen LogP contribution in [0.2, 0.25) is 0 Å². The number of imidazole rings is 1. The zero-order chi connectivity index (χ0) is 21.7. The molecule has 2 aliphatic rings. The summed E-state index contributed by atoms with van der Waals surface area (Å²) in [6.07, 6.45) is 1.98. The highest BCUT2D eigenvalue weighted by Gasteiger charge is 2.51. The van der Waals surface area contributed by atoms with Crippen LogP contribution < -0.4 is 5.46 Å². The van der Waals surface area contributed by atoms with E-state index in [1.54, 1.807) is 0 Å². The van der Waals surface area contributed by atoms with E-state index in [2.05, 4.69) is 52.6 Å². The predicted octanol–water partition coefficient (Wildman–Crippen LogP) is 3.61. The van der Waals surface area contributed by atoms with Crippen molar-refractivity contribution in [3.63, 3.8) is 0 Å². The lowest BCUT2D eigenvalue weighted by Gasteiger charge is -2.32. The van der Waals surface area contributed by atoms with Crippen LogP contribution in [0, 0.1) is 11.3 Å². The van der Waals surface area contributed by atoms with Crippen LogP contribution in [0.15, 0.2) is 18.2 Å². The average Bonchev–Trinajstić information content (AvgIpc) is 3.34. The Morgan fingerprint density at radius 2 is 2.00 bits per heavy atom. The number of ether oxygens (including phenoxy) is 1. The Morgan fingerprint density at radius 1 is 1.30 bits per heavy atom. The van der Waals surface area contributed by atoms with E-state index in [4.69, 9.17) is 24.4 Å². The van der Waals surface area contributed by atoms with E-state index in [0.29, 0.717) is 12.5 Å².